The lowest BCUT2D eigenvalue weighted by Crippen LogP contribution is -2.08. The van der Waals surface area contributed by atoms with E-state index in [1.807, 2.05) is 25.1 Å². The third-order valence-corrected chi connectivity index (χ3v) is 4.13. The lowest BCUT2D eigenvalue weighted by atomic mass is 10.1. The first-order valence-electron chi connectivity index (χ1n) is 8.69. The van der Waals surface area contributed by atoms with Gasteiger partial charge in [-0.15, -0.1) is 0 Å². The number of anilines is 1. The minimum atomic E-state index is -0.427. The van der Waals surface area contributed by atoms with Crippen molar-refractivity contribution < 1.29 is 10.0 Å². The van der Waals surface area contributed by atoms with Crippen molar-refractivity contribution in [3.63, 3.8) is 0 Å². The molecule has 2 aromatic carbocycles. The van der Waals surface area contributed by atoms with E-state index in [1.165, 1.54) is 12.1 Å². The molecule has 2 N–H and O–H groups in total. The molecular formula is C20H20N4O3. The van der Waals surface area contributed by atoms with Crippen molar-refractivity contribution in [3.8, 4) is 17.1 Å². The van der Waals surface area contributed by atoms with Gasteiger partial charge in [-0.2, -0.15) is 0 Å². The normalized spacial score (nSPS) is 10.6. The summed E-state index contributed by atoms with van der Waals surface area (Å²) in [5.74, 6) is 1.51. The number of aryl methyl sites for hydroxylation is 1. The second-order valence-electron chi connectivity index (χ2n) is 6.07. The Morgan fingerprint density at radius 2 is 1.78 bits per heavy atom. The fourth-order valence-electron chi connectivity index (χ4n) is 2.63. The van der Waals surface area contributed by atoms with Gasteiger partial charge in [0.15, 0.2) is 5.82 Å². The third kappa shape index (κ3) is 4.78. The van der Waals surface area contributed by atoms with Gasteiger partial charge < -0.3 is 10.4 Å². The van der Waals surface area contributed by atoms with Crippen LogP contribution in [0.3, 0.4) is 0 Å². The van der Waals surface area contributed by atoms with E-state index in [-0.39, 0.29) is 11.4 Å². The summed E-state index contributed by atoms with van der Waals surface area (Å²) in [6.45, 7) is 2.70. The van der Waals surface area contributed by atoms with Crippen molar-refractivity contribution >= 4 is 11.5 Å². The summed E-state index contributed by atoms with van der Waals surface area (Å²) in [5, 5.41) is 23.4. The number of hydrogen-bond donors (Lipinski definition) is 2. The molecule has 0 aliphatic rings. The highest BCUT2D eigenvalue weighted by molar-refractivity contribution is 5.59. The highest BCUT2D eigenvalue weighted by Crippen LogP contribution is 2.21. The number of benzene rings is 2. The van der Waals surface area contributed by atoms with Gasteiger partial charge in [-0.3, -0.25) is 10.1 Å². The van der Waals surface area contributed by atoms with Crippen molar-refractivity contribution in [2.45, 2.75) is 19.8 Å². The molecule has 0 aliphatic carbocycles. The van der Waals surface area contributed by atoms with Gasteiger partial charge in [-0.1, -0.05) is 19.1 Å². The van der Waals surface area contributed by atoms with E-state index in [2.05, 4.69) is 15.3 Å². The molecule has 3 aromatic rings. The van der Waals surface area contributed by atoms with Crippen LogP contribution in [0.15, 0.2) is 54.6 Å². The molecule has 27 heavy (non-hydrogen) atoms. The van der Waals surface area contributed by atoms with E-state index in [0.717, 1.165) is 29.7 Å². The van der Waals surface area contributed by atoms with Gasteiger partial charge in [0.2, 0.25) is 0 Å². The number of rotatable bonds is 7. The van der Waals surface area contributed by atoms with E-state index < -0.39 is 4.92 Å². The van der Waals surface area contributed by atoms with Crippen LogP contribution >= 0.6 is 0 Å². The summed E-state index contributed by atoms with van der Waals surface area (Å²) in [6, 6.07) is 15.2. The second kappa shape index (κ2) is 8.27. The molecule has 7 nitrogen and oxygen atoms in total. The molecule has 1 heterocycles. The lowest BCUT2D eigenvalue weighted by molar-refractivity contribution is -0.384. The van der Waals surface area contributed by atoms with Crippen molar-refractivity contribution in [1.29, 1.82) is 0 Å². The third-order valence-electron chi connectivity index (χ3n) is 4.13. The maximum Gasteiger partial charge on any atom is 0.269 e. The van der Waals surface area contributed by atoms with Crippen LogP contribution in [0.5, 0.6) is 5.75 Å². The average Bonchev–Trinajstić information content (AvgIpc) is 2.69. The Hall–Kier alpha value is -3.48. The minimum absolute atomic E-state index is 0.0395. The van der Waals surface area contributed by atoms with Crippen molar-refractivity contribution in [2.75, 3.05) is 11.9 Å². The van der Waals surface area contributed by atoms with Crippen LogP contribution in [0.4, 0.5) is 11.5 Å². The van der Waals surface area contributed by atoms with Gasteiger partial charge in [0.25, 0.3) is 5.69 Å². The Bertz CT molecular complexity index is 925. The topological polar surface area (TPSA) is 101 Å². The first kappa shape index (κ1) is 18.3. The zero-order chi connectivity index (χ0) is 19.2. The lowest BCUT2D eigenvalue weighted by Gasteiger charge is -2.10. The van der Waals surface area contributed by atoms with E-state index in [1.54, 1.807) is 24.3 Å². The maximum atomic E-state index is 10.8. The van der Waals surface area contributed by atoms with Crippen LogP contribution < -0.4 is 5.32 Å². The summed E-state index contributed by atoms with van der Waals surface area (Å²) in [5.41, 5.74) is 2.78. The Morgan fingerprint density at radius 1 is 1.07 bits per heavy atom. The summed E-state index contributed by atoms with van der Waals surface area (Å²) in [4.78, 5) is 19.4. The molecule has 0 bridgehead atoms. The van der Waals surface area contributed by atoms with Gasteiger partial charge >= 0.3 is 0 Å². The SMILES string of the molecule is CCc1cc(NCCc2ccc(O)cc2)nc(-c2ccc([N+](=O)[O-])cc2)n1. The molecule has 0 saturated carbocycles. The largest absolute Gasteiger partial charge is 0.508 e. The molecule has 0 spiro atoms. The number of phenolic OH excluding ortho intramolecular Hbond substituents is 1. The quantitative estimate of drug-likeness (QED) is 0.486. The fraction of sp³-hybridized carbons (Fsp3) is 0.200. The summed E-state index contributed by atoms with van der Waals surface area (Å²) >= 11 is 0. The molecule has 138 valence electrons. The highest BCUT2D eigenvalue weighted by atomic mass is 16.6. The van der Waals surface area contributed by atoms with Gasteiger partial charge in [-0.25, -0.2) is 9.97 Å². The first-order chi connectivity index (χ1) is 13.0. The number of nitrogens with one attached hydrogen (secondary N) is 1. The number of phenols is 1. The van der Waals surface area contributed by atoms with E-state index >= 15 is 0 Å². The first-order valence-corrected chi connectivity index (χ1v) is 8.69. The summed E-state index contributed by atoms with van der Waals surface area (Å²) in [7, 11) is 0. The Morgan fingerprint density at radius 3 is 2.41 bits per heavy atom. The molecule has 0 unspecified atom stereocenters. The predicted octanol–water partition coefficient (Wildman–Crippen LogP) is 3.97. The molecule has 0 radical (unpaired) electrons. The number of hydrogen-bond acceptors (Lipinski definition) is 6. The van der Waals surface area contributed by atoms with Crippen LogP contribution in [0, 0.1) is 10.1 Å². The van der Waals surface area contributed by atoms with Gasteiger partial charge in [0.05, 0.1) is 4.92 Å². The van der Waals surface area contributed by atoms with Crippen LogP contribution in [0.25, 0.3) is 11.4 Å². The molecule has 1 aromatic heterocycles. The molecule has 0 aliphatic heterocycles. The van der Waals surface area contributed by atoms with Crippen LogP contribution in [0.1, 0.15) is 18.2 Å². The van der Waals surface area contributed by atoms with Gasteiger partial charge in [-0.05, 0) is 42.7 Å². The fourth-order valence-corrected chi connectivity index (χ4v) is 2.63. The Balaban J connectivity index is 1.74. The molecule has 0 amide bonds. The van der Waals surface area contributed by atoms with Crippen molar-refractivity contribution in [1.82, 2.24) is 9.97 Å². The van der Waals surface area contributed by atoms with E-state index in [4.69, 9.17) is 0 Å². The molecule has 0 fully saturated rings. The molecule has 0 atom stereocenters. The average molecular weight is 364 g/mol. The van der Waals surface area contributed by atoms with Crippen molar-refractivity contribution in [2.24, 2.45) is 0 Å². The number of nitro benzene ring substituents is 1. The van der Waals surface area contributed by atoms with Crippen LogP contribution in [-0.2, 0) is 12.8 Å². The summed E-state index contributed by atoms with van der Waals surface area (Å²) in [6.07, 6.45) is 1.55. The van der Waals surface area contributed by atoms with E-state index in [0.29, 0.717) is 18.2 Å². The van der Waals surface area contributed by atoms with Crippen molar-refractivity contribution in [3.05, 3.63) is 76.0 Å². The van der Waals surface area contributed by atoms with Gasteiger partial charge in [0, 0.05) is 36.0 Å². The number of nitro groups is 1. The molecule has 3 rings (SSSR count). The smallest absolute Gasteiger partial charge is 0.269 e. The van der Waals surface area contributed by atoms with Gasteiger partial charge in [0.1, 0.15) is 11.6 Å². The monoisotopic (exact) mass is 364 g/mol. The minimum Gasteiger partial charge on any atom is -0.508 e. The zero-order valence-corrected chi connectivity index (χ0v) is 14.9. The molecule has 0 saturated heterocycles. The van der Waals surface area contributed by atoms with Crippen LogP contribution in [-0.4, -0.2) is 26.5 Å². The number of non-ortho nitro benzene ring substituents is 1. The van der Waals surface area contributed by atoms with E-state index in [9.17, 15) is 15.2 Å². The standard InChI is InChI=1S/C20H20N4O3/c1-2-16-13-19(21-12-11-14-3-9-18(25)10-4-14)23-20(22-16)15-5-7-17(8-6-15)24(26)27/h3-10,13,25H,2,11-12H2,1H3,(H,21,22,23). The zero-order valence-electron chi connectivity index (χ0n) is 14.9. The van der Waals surface area contributed by atoms with Crippen LogP contribution in [0.2, 0.25) is 0 Å². The number of aromatic nitrogens is 2. The summed E-state index contributed by atoms with van der Waals surface area (Å²) < 4.78 is 0. The Labute approximate surface area is 156 Å². The Kier molecular flexibility index (Phi) is 5.61. The number of aromatic hydroxyl groups is 1. The maximum absolute atomic E-state index is 10.8. The molecular weight excluding hydrogens is 344 g/mol. The highest BCUT2D eigenvalue weighted by Gasteiger charge is 2.09. The predicted molar refractivity (Wildman–Crippen MR) is 104 cm³/mol. The molecule has 7 heteroatoms. The number of nitrogens with zero attached hydrogens (tertiary/aromatic N) is 3. The second-order valence-corrected chi connectivity index (χ2v) is 6.07.